The van der Waals surface area contributed by atoms with Gasteiger partial charge in [-0.2, -0.15) is 9.41 Å². The highest BCUT2D eigenvalue weighted by Gasteiger charge is 2.25. The second kappa shape index (κ2) is 9.29. The molecule has 0 amide bonds. The van der Waals surface area contributed by atoms with E-state index in [2.05, 4.69) is 10.5 Å². The number of hydrogen-bond acceptors (Lipinski definition) is 7. The molecule has 0 radical (unpaired) electrons. The van der Waals surface area contributed by atoms with Gasteiger partial charge in [0.1, 0.15) is 11.4 Å². The molecule has 0 saturated carbocycles. The van der Waals surface area contributed by atoms with E-state index in [-0.39, 0.29) is 29.4 Å². The van der Waals surface area contributed by atoms with Gasteiger partial charge in [0.2, 0.25) is 10.0 Å². The maximum atomic E-state index is 12.6. The number of methoxy groups -OCH3 is 1. The fraction of sp³-hybridized carbons (Fsp3) is 0.278. The van der Waals surface area contributed by atoms with E-state index in [1.807, 2.05) is 0 Å². The normalized spacial score (nSPS) is 11.7. The van der Waals surface area contributed by atoms with Crippen LogP contribution in [0.4, 0.5) is 11.4 Å². The molecule has 0 atom stereocenters. The number of nitrogens with one attached hydrogen (secondary N) is 1. The second-order valence-corrected chi connectivity index (χ2v) is 7.61. The molecule has 9 nitrogen and oxygen atoms in total. The molecule has 0 fully saturated rings. The van der Waals surface area contributed by atoms with Gasteiger partial charge in [-0.15, -0.1) is 0 Å². The van der Waals surface area contributed by atoms with Gasteiger partial charge in [-0.05, 0) is 29.8 Å². The Morgan fingerprint density at radius 1 is 1.21 bits per heavy atom. The molecule has 0 aromatic heterocycles. The molecule has 28 heavy (non-hydrogen) atoms. The Bertz CT molecular complexity index is 972. The number of anilines is 1. The summed E-state index contributed by atoms with van der Waals surface area (Å²) in [6.45, 7) is 3.96. The smallest absolute Gasteiger partial charge is 0.295 e. The van der Waals surface area contributed by atoms with Crippen LogP contribution in [0.15, 0.2) is 52.5 Å². The summed E-state index contributed by atoms with van der Waals surface area (Å²) in [5.74, 6) is 0.654. The van der Waals surface area contributed by atoms with Crippen LogP contribution in [0.2, 0.25) is 0 Å². The van der Waals surface area contributed by atoms with E-state index < -0.39 is 14.9 Å². The number of sulfonamides is 1. The Morgan fingerprint density at radius 2 is 1.93 bits per heavy atom. The molecule has 0 spiro atoms. The highest BCUT2D eigenvalue weighted by atomic mass is 32.2. The van der Waals surface area contributed by atoms with E-state index in [1.54, 1.807) is 45.2 Å². The molecule has 10 heteroatoms. The minimum atomic E-state index is -3.80. The fourth-order valence-electron chi connectivity index (χ4n) is 2.53. The Morgan fingerprint density at radius 3 is 2.54 bits per heavy atom. The molecule has 2 rings (SSSR count). The molecule has 2 aromatic carbocycles. The summed E-state index contributed by atoms with van der Waals surface area (Å²) in [6.07, 6.45) is 1.48. The van der Waals surface area contributed by atoms with Crippen molar-refractivity contribution in [3.63, 3.8) is 0 Å². The summed E-state index contributed by atoms with van der Waals surface area (Å²) in [4.78, 5) is 10.6. The third kappa shape index (κ3) is 4.84. The highest BCUT2D eigenvalue weighted by Crippen LogP contribution is 2.29. The van der Waals surface area contributed by atoms with Gasteiger partial charge >= 0.3 is 0 Å². The number of hydrogen-bond donors (Lipinski definition) is 1. The van der Waals surface area contributed by atoms with Gasteiger partial charge in [-0.3, -0.25) is 15.5 Å². The first-order valence-electron chi connectivity index (χ1n) is 8.55. The predicted molar refractivity (Wildman–Crippen MR) is 107 cm³/mol. The molecule has 0 bridgehead atoms. The van der Waals surface area contributed by atoms with Crippen LogP contribution in [0.5, 0.6) is 5.75 Å². The summed E-state index contributed by atoms with van der Waals surface area (Å²) in [5.41, 5.74) is 3.03. The van der Waals surface area contributed by atoms with E-state index in [0.717, 1.165) is 11.6 Å². The van der Waals surface area contributed by atoms with Gasteiger partial charge in [-0.25, -0.2) is 8.42 Å². The number of hydrazone groups is 1. The van der Waals surface area contributed by atoms with E-state index >= 15 is 0 Å². The zero-order valence-electron chi connectivity index (χ0n) is 15.8. The zero-order chi connectivity index (χ0) is 20.7. The van der Waals surface area contributed by atoms with Crippen molar-refractivity contribution >= 4 is 27.6 Å². The number of rotatable bonds is 9. The number of ether oxygens (including phenoxy) is 1. The van der Waals surface area contributed by atoms with Crippen LogP contribution in [-0.4, -0.2) is 44.1 Å². The molecule has 2 aromatic rings. The molecule has 0 heterocycles. The summed E-state index contributed by atoms with van der Waals surface area (Å²) in [6, 6.07) is 10.8. The van der Waals surface area contributed by atoms with Crippen LogP contribution < -0.4 is 10.2 Å². The van der Waals surface area contributed by atoms with Crippen molar-refractivity contribution in [3.8, 4) is 5.75 Å². The molecular weight excluding hydrogens is 384 g/mol. The van der Waals surface area contributed by atoms with Gasteiger partial charge in [0, 0.05) is 19.2 Å². The minimum absolute atomic E-state index is 0.0858. The molecule has 150 valence electrons. The van der Waals surface area contributed by atoms with Crippen molar-refractivity contribution in [2.75, 3.05) is 25.6 Å². The third-order valence-electron chi connectivity index (χ3n) is 4.00. The Balaban J connectivity index is 2.30. The first kappa shape index (κ1) is 21.3. The van der Waals surface area contributed by atoms with Gasteiger partial charge < -0.3 is 4.74 Å². The Hall–Kier alpha value is -2.98. The molecular formula is C18H22N4O5S. The van der Waals surface area contributed by atoms with Gasteiger partial charge in [0.05, 0.1) is 23.1 Å². The third-order valence-corrected chi connectivity index (χ3v) is 6.05. The number of nitrogens with zero attached hydrogens (tertiary/aromatic N) is 3. The van der Waals surface area contributed by atoms with Gasteiger partial charge in [0.25, 0.3) is 5.69 Å². The van der Waals surface area contributed by atoms with Crippen LogP contribution >= 0.6 is 0 Å². The van der Waals surface area contributed by atoms with Crippen molar-refractivity contribution < 1.29 is 18.1 Å². The number of benzene rings is 2. The first-order valence-corrected chi connectivity index (χ1v) is 9.99. The predicted octanol–water partition coefficient (Wildman–Crippen LogP) is 3.08. The maximum Gasteiger partial charge on any atom is 0.295 e. The first-order chi connectivity index (χ1) is 13.3. The fourth-order valence-corrected chi connectivity index (χ4v) is 4.01. The SMILES string of the molecule is CCN(CC)S(=O)(=O)c1ccc(NN=Cc2cccc(OC)c2)c([N+](=O)[O-])c1. The standard InChI is InChI=1S/C18H22N4O5S/c1-4-21(5-2)28(25,26)16-9-10-17(18(12-16)22(23)24)20-19-13-14-7-6-8-15(11-14)27-3/h6-13,20H,4-5H2,1-3H3. The zero-order valence-corrected chi connectivity index (χ0v) is 16.6. The van der Waals surface area contributed by atoms with Gasteiger partial charge in [-0.1, -0.05) is 26.0 Å². The van der Waals surface area contributed by atoms with Crippen LogP contribution in [-0.2, 0) is 10.0 Å². The molecule has 0 aliphatic carbocycles. The monoisotopic (exact) mass is 406 g/mol. The average Bonchev–Trinajstić information content (AvgIpc) is 2.68. The molecule has 0 unspecified atom stereocenters. The Labute approximate surface area is 163 Å². The van der Waals surface area contributed by atoms with Crippen molar-refractivity contribution in [2.45, 2.75) is 18.7 Å². The maximum absolute atomic E-state index is 12.6. The van der Waals surface area contributed by atoms with E-state index in [9.17, 15) is 18.5 Å². The van der Waals surface area contributed by atoms with Crippen LogP contribution in [0.3, 0.4) is 0 Å². The van der Waals surface area contributed by atoms with Gasteiger partial charge in [0.15, 0.2) is 0 Å². The van der Waals surface area contributed by atoms with E-state index in [4.69, 9.17) is 4.74 Å². The van der Waals surface area contributed by atoms with Crippen molar-refractivity contribution in [2.24, 2.45) is 5.10 Å². The Kier molecular flexibility index (Phi) is 7.07. The van der Waals surface area contributed by atoms with Crippen LogP contribution in [0, 0.1) is 10.1 Å². The van der Waals surface area contributed by atoms with E-state index in [1.165, 1.54) is 22.7 Å². The largest absolute Gasteiger partial charge is 0.497 e. The number of nitro benzene ring substituents is 1. The van der Waals surface area contributed by atoms with E-state index in [0.29, 0.717) is 5.75 Å². The average molecular weight is 406 g/mol. The lowest BCUT2D eigenvalue weighted by molar-refractivity contribution is -0.384. The summed E-state index contributed by atoms with van der Waals surface area (Å²) < 4.78 is 31.5. The topological polar surface area (TPSA) is 114 Å². The lowest BCUT2D eigenvalue weighted by Crippen LogP contribution is -2.30. The summed E-state index contributed by atoms with van der Waals surface area (Å²) in [7, 11) is -2.25. The summed E-state index contributed by atoms with van der Waals surface area (Å²) in [5, 5.41) is 15.4. The van der Waals surface area contributed by atoms with Crippen LogP contribution in [0.25, 0.3) is 0 Å². The lowest BCUT2D eigenvalue weighted by atomic mass is 10.2. The molecule has 0 saturated heterocycles. The van der Waals surface area contributed by atoms with Crippen molar-refractivity contribution in [1.29, 1.82) is 0 Å². The molecule has 0 aliphatic rings. The number of nitro groups is 1. The van der Waals surface area contributed by atoms with Crippen LogP contribution in [0.1, 0.15) is 19.4 Å². The lowest BCUT2D eigenvalue weighted by Gasteiger charge is -2.18. The van der Waals surface area contributed by atoms with Crippen molar-refractivity contribution in [1.82, 2.24) is 4.31 Å². The quantitative estimate of drug-likeness (QED) is 0.389. The van der Waals surface area contributed by atoms with Crippen molar-refractivity contribution in [3.05, 3.63) is 58.1 Å². The molecule has 1 N–H and O–H groups in total. The minimum Gasteiger partial charge on any atom is -0.497 e. The highest BCUT2D eigenvalue weighted by molar-refractivity contribution is 7.89. The second-order valence-electron chi connectivity index (χ2n) is 5.67. The summed E-state index contributed by atoms with van der Waals surface area (Å²) >= 11 is 0. The molecule has 0 aliphatic heterocycles.